The van der Waals surface area contributed by atoms with Gasteiger partial charge >= 0.3 is 6.09 Å². The topological polar surface area (TPSA) is 173 Å². The fraction of sp³-hybridized carbons (Fsp3) is 0.588. The van der Waals surface area contributed by atoms with E-state index in [1.165, 1.54) is 16.4 Å². The molecule has 264 valence electrons. The minimum Gasteiger partial charge on any atom is -0.443 e. The maximum absolute atomic E-state index is 14.1. The van der Waals surface area contributed by atoms with Crippen LogP contribution >= 0.6 is 0 Å². The number of nitrogen functional groups attached to an aromatic ring is 1. The number of anilines is 2. The highest BCUT2D eigenvalue weighted by Gasteiger charge is 2.44. The number of carbonyl (C=O) groups excluding carboxylic acids is 2. The molecule has 5 N–H and O–H groups in total. The molecule has 0 aliphatic carbocycles. The van der Waals surface area contributed by atoms with Gasteiger partial charge in [0.25, 0.3) is 0 Å². The van der Waals surface area contributed by atoms with Gasteiger partial charge in [-0.15, -0.1) is 0 Å². The molecule has 5 rings (SSSR count). The van der Waals surface area contributed by atoms with Gasteiger partial charge in [0.1, 0.15) is 6.10 Å². The summed E-state index contributed by atoms with van der Waals surface area (Å²) in [5.74, 6) is 0.0587. The third kappa shape index (κ3) is 9.17. The van der Waals surface area contributed by atoms with Crippen LogP contribution < -0.4 is 16.4 Å². The van der Waals surface area contributed by atoms with Gasteiger partial charge in [-0.05, 0) is 55.4 Å². The Kier molecular flexibility index (Phi) is 12.2. The highest BCUT2D eigenvalue weighted by Crippen LogP contribution is 2.33. The number of alkyl carbamates (subject to hydrolysis) is 1. The normalized spacial score (nSPS) is 22.2. The smallest absolute Gasteiger partial charge is 0.407 e. The largest absolute Gasteiger partial charge is 0.443 e. The first kappa shape index (κ1) is 35.9. The SMILES string of the molecule is CC(C)CN(C[C@@H](O)[C@H](Cc1ccccc1)NC(=O)O[C@H]1CO[C@H]2OCC[C@H]21)S(=O)(=O)c1ccc(N)c(NCCCN2CCCC2=O)c1. The van der Waals surface area contributed by atoms with Crippen molar-refractivity contribution >= 4 is 33.4 Å². The molecule has 0 radical (unpaired) electrons. The van der Waals surface area contributed by atoms with Crippen LogP contribution in [0.1, 0.15) is 45.1 Å². The molecule has 3 saturated heterocycles. The van der Waals surface area contributed by atoms with Crippen LogP contribution in [-0.4, -0.2) is 105 Å². The van der Waals surface area contributed by atoms with Crippen molar-refractivity contribution < 1.29 is 37.3 Å². The van der Waals surface area contributed by atoms with Crippen molar-refractivity contribution in [2.75, 3.05) is 57.0 Å². The number of hydrogen-bond acceptors (Lipinski definition) is 10. The lowest BCUT2D eigenvalue weighted by Gasteiger charge is -2.31. The molecule has 3 fully saturated rings. The number of carbonyl (C=O) groups is 2. The van der Waals surface area contributed by atoms with E-state index in [9.17, 15) is 23.1 Å². The van der Waals surface area contributed by atoms with Crippen molar-refractivity contribution in [3.05, 3.63) is 54.1 Å². The predicted molar refractivity (Wildman–Crippen MR) is 181 cm³/mol. The second-order valence-corrected chi connectivity index (χ2v) is 15.1. The number of nitrogens with two attached hydrogens (primary N) is 1. The first-order chi connectivity index (χ1) is 23.0. The lowest BCUT2D eigenvalue weighted by atomic mass is 10.0. The van der Waals surface area contributed by atoms with Crippen LogP contribution in [0.3, 0.4) is 0 Å². The van der Waals surface area contributed by atoms with E-state index in [4.69, 9.17) is 19.9 Å². The summed E-state index contributed by atoms with van der Waals surface area (Å²) in [6.07, 6.45) is 0.293. The molecule has 0 aromatic heterocycles. The van der Waals surface area contributed by atoms with Crippen molar-refractivity contribution in [3.63, 3.8) is 0 Å². The van der Waals surface area contributed by atoms with Gasteiger partial charge in [0.15, 0.2) is 6.29 Å². The Morgan fingerprint density at radius 1 is 1.17 bits per heavy atom. The predicted octanol–water partition coefficient (Wildman–Crippen LogP) is 2.80. The molecule has 5 atom stereocenters. The van der Waals surface area contributed by atoms with E-state index in [1.807, 2.05) is 49.1 Å². The van der Waals surface area contributed by atoms with Gasteiger partial charge in [0.2, 0.25) is 15.9 Å². The Bertz CT molecular complexity index is 1490. The average Bonchev–Trinajstić information content (AvgIpc) is 3.78. The summed E-state index contributed by atoms with van der Waals surface area (Å²) in [4.78, 5) is 26.9. The maximum Gasteiger partial charge on any atom is 0.407 e. The summed E-state index contributed by atoms with van der Waals surface area (Å²) in [7, 11) is -4.09. The lowest BCUT2D eigenvalue weighted by molar-refractivity contribution is -0.127. The molecule has 3 aliphatic heterocycles. The van der Waals surface area contributed by atoms with Gasteiger partial charge in [-0.2, -0.15) is 4.31 Å². The monoisotopic (exact) mass is 687 g/mol. The first-order valence-electron chi connectivity index (χ1n) is 16.8. The number of aliphatic hydroxyl groups is 1. The Balaban J connectivity index is 1.28. The van der Waals surface area contributed by atoms with Crippen molar-refractivity contribution in [1.82, 2.24) is 14.5 Å². The molecule has 2 aromatic rings. The molecule has 0 bridgehead atoms. The highest BCUT2D eigenvalue weighted by atomic mass is 32.2. The van der Waals surface area contributed by atoms with Gasteiger partial charge in [-0.25, -0.2) is 13.2 Å². The number of likely N-dealkylation sites (tertiary alicyclic amines) is 1. The summed E-state index contributed by atoms with van der Waals surface area (Å²) >= 11 is 0. The molecule has 0 spiro atoms. The van der Waals surface area contributed by atoms with Gasteiger partial charge in [-0.1, -0.05) is 44.2 Å². The Morgan fingerprint density at radius 2 is 1.96 bits per heavy atom. The molecule has 13 nitrogen and oxygen atoms in total. The van der Waals surface area contributed by atoms with Gasteiger partial charge in [-0.3, -0.25) is 4.79 Å². The summed E-state index contributed by atoms with van der Waals surface area (Å²) in [6, 6.07) is 13.0. The number of nitrogens with zero attached hydrogens (tertiary/aromatic N) is 2. The number of nitrogens with one attached hydrogen (secondary N) is 2. The molecular formula is C34H49N5O8S. The van der Waals surface area contributed by atoms with Gasteiger partial charge in [0, 0.05) is 39.1 Å². The number of amides is 2. The molecule has 3 aliphatic rings. The standard InChI is InChI=1S/C34H49N5O8S/c1-23(2)20-39(48(43,44)25-11-12-27(35)28(19-25)36-14-7-16-38-15-6-10-32(38)41)21-30(40)29(18-24-8-4-3-5-9-24)37-34(42)47-31-22-46-33-26(31)13-17-45-33/h3-5,8-9,11-12,19,23,26,29-31,33,36,40H,6-7,10,13-18,20-22,35H2,1-2H3,(H,37,42)/t26-,29-,30+,31-,33+/m0/s1. The first-order valence-corrected chi connectivity index (χ1v) is 18.3. The Labute approximate surface area is 283 Å². The molecule has 14 heteroatoms. The van der Waals surface area contributed by atoms with Crippen molar-refractivity contribution in [3.8, 4) is 0 Å². The molecule has 2 aromatic carbocycles. The van der Waals surface area contributed by atoms with Crippen LogP contribution in [0.15, 0.2) is 53.4 Å². The van der Waals surface area contributed by atoms with E-state index >= 15 is 0 Å². The third-order valence-corrected chi connectivity index (χ3v) is 10.9. The van der Waals surface area contributed by atoms with Crippen molar-refractivity contribution in [1.29, 1.82) is 0 Å². The van der Waals surface area contributed by atoms with E-state index < -0.39 is 34.4 Å². The number of hydrogen-bond donors (Lipinski definition) is 4. The second kappa shape index (κ2) is 16.3. The fourth-order valence-corrected chi connectivity index (χ4v) is 8.12. The van der Waals surface area contributed by atoms with Crippen LogP contribution in [0.4, 0.5) is 16.2 Å². The molecular weight excluding hydrogens is 638 g/mol. The number of ether oxygens (including phenoxy) is 3. The molecule has 0 unspecified atom stereocenters. The zero-order valence-electron chi connectivity index (χ0n) is 27.8. The highest BCUT2D eigenvalue weighted by molar-refractivity contribution is 7.89. The van der Waals surface area contributed by atoms with Crippen LogP contribution in [0, 0.1) is 11.8 Å². The minimum atomic E-state index is -4.09. The van der Waals surface area contributed by atoms with E-state index in [1.54, 1.807) is 6.07 Å². The molecule has 48 heavy (non-hydrogen) atoms. The van der Waals surface area contributed by atoms with Gasteiger partial charge < -0.3 is 40.6 Å². The average molecular weight is 688 g/mol. The number of aliphatic hydroxyl groups excluding tert-OH is 1. The van der Waals surface area contributed by atoms with E-state index in [0.717, 1.165) is 24.9 Å². The summed E-state index contributed by atoms with van der Waals surface area (Å²) in [5, 5.41) is 17.6. The van der Waals surface area contributed by atoms with Crippen LogP contribution in [0.2, 0.25) is 0 Å². The fourth-order valence-electron chi connectivity index (χ4n) is 6.47. The van der Waals surface area contributed by atoms with Crippen LogP contribution in [-0.2, 0) is 35.4 Å². The molecule has 3 heterocycles. The van der Waals surface area contributed by atoms with Crippen LogP contribution in [0.5, 0.6) is 0 Å². The second-order valence-electron chi connectivity index (χ2n) is 13.2. The lowest BCUT2D eigenvalue weighted by Crippen LogP contribution is -2.51. The molecule has 2 amide bonds. The Hall–Kier alpha value is -3.43. The zero-order chi connectivity index (χ0) is 34.3. The summed E-state index contributed by atoms with van der Waals surface area (Å²) in [6.45, 7) is 6.34. The summed E-state index contributed by atoms with van der Waals surface area (Å²) in [5.41, 5.74) is 7.94. The number of sulfonamides is 1. The van der Waals surface area contributed by atoms with Crippen molar-refractivity contribution in [2.24, 2.45) is 11.8 Å². The minimum absolute atomic E-state index is 0.0309. The number of benzene rings is 2. The number of fused-ring (bicyclic) bond motifs is 1. The number of rotatable bonds is 16. The molecule has 0 saturated carbocycles. The van der Waals surface area contributed by atoms with E-state index in [2.05, 4.69) is 10.6 Å². The van der Waals surface area contributed by atoms with Crippen molar-refractivity contribution in [2.45, 2.75) is 75.4 Å². The third-order valence-electron chi connectivity index (χ3n) is 9.02. The van der Waals surface area contributed by atoms with Crippen LogP contribution in [0.25, 0.3) is 0 Å². The maximum atomic E-state index is 14.1. The van der Waals surface area contributed by atoms with Gasteiger partial charge in [0.05, 0.1) is 47.5 Å². The van der Waals surface area contributed by atoms with E-state index in [-0.39, 0.29) is 55.0 Å². The zero-order valence-corrected chi connectivity index (χ0v) is 28.6. The van der Waals surface area contributed by atoms with E-state index in [0.29, 0.717) is 43.9 Å². The summed E-state index contributed by atoms with van der Waals surface area (Å²) < 4.78 is 46.3. The Morgan fingerprint density at radius 3 is 2.69 bits per heavy atom. The quantitative estimate of drug-likeness (QED) is 0.152.